The summed E-state index contributed by atoms with van der Waals surface area (Å²) in [5.41, 5.74) is 1.38. The van der Waals surface area contributed by atoms with Gasteiger partial charge < -0.3 is 0 Å². The molecule has 1 aromatic heterocycles. The molecule has 0 atom stereocenters. The molecule has 0 aliphatic heterocycles. The average Bonchev–Trinajstić information content (AvgIpc) is 2.14. The molecule has 0 bridgehead atoms. The van der Waals surface area contributed by atoms with Crippen molar-refractivity contribution in [3.05, 3.63) is 36.2 Å². The smallest absolute Gasteiger partial charge is 0.101 e. The van der Waals surface area contributed by atoms with Crippen molar-refractivity contribution in [3.8, 4) is 6.07 Å². The van der Waals surface area contributed by atoms with E-state index in [-0.39, 0.29) is 5.41 Å². The quantitative estimate of drug-likeness (QED) is 0.632. The monoisotopic (exact) mass is 186 g/mol. The van der Waals surface area contributed by atoms with Gasteiger partial charge in [-0.3, -0.25) is 4.98 Å². The highest BCUT2D eigenvalue weighted by atomic mass is 14.7. The summed E-state index contributed by atoms with van der Waals surface area (Å²) in [5, 5.41) is 8.98. The van der Waals surface area contributed by atoms with Crippen LogP contribution in [-0.2, 0) is 0 Å². The Morgan fingerprint density at radius 1 is 1.43 bits per heavy atom. The number of hydrogen-bond donors (Lipinski definition) is 0. The van der Waals surface area contributed by atoms with Gasteiger partial charge in [-0.1, -0.05) is 32.9 Å². The fourth-order valence-electron chi connectivity index (χ4n) is 1.12. The van der Waals surface area contributed by atoms with E-state index in [0.29, 0.717) is 5.57 Å². The molecule has 72 valence electrons. The van der Waals surface area contributed by atoms with Crippen LogP contribution in [0.25, 0.3) is 5.57 Å². The second kappa shape index (κ2) is 4.06. The Kier molecular flexibility index (Phi) is 3.03. The highest BCUT2D eigenvalue weighted by molar-refractivity contribution is 5.74. The van der Waals surface area contributed by atoms with Crippen molar-refractivity contribution in [2.45, 2.75) is 20.8 Å². The van der Waals surface area contributed by atoms with Gasteiger partial charge in [-0.25, -0.2) is 0 Å². The Labute approximate surface area is 84.9 Å². The molecule has 14 heavy (non-hydrogen) atoms. The van der Waals surface area contributed by atoms with Crippen molar-refractivity contribution in [3.63, 3.8) is 0 Å². The lowest BCUT2D eigenvalue weighted by Crippen LogP contribution is -2.01. The molecule has 0 spiro atoms. The molecule has 2 nitrogen and oxygen atoms in total. The Morgan fingerprint density at radius 2 is 2.14 bits per heavy atom. The lowest BCUT2D eigenvalue weighted by molar-refractivity contribution is 0.546. The zero-order chi connectivity index (χ0) is 10.6. The van der Waals surface area contributed by atoms with Crippen molar-refractivity contribution in [1.29, 1.82) is 5.26 Å². The van der Waals surface area contributed by atoms with Gasteiger partial charge in [-0.05, 0) is 17.5 Å². The number of rotatable bonds is 1. The second-order valence-electron chi connectivity index (χ2n) is 4.25. The second-order valence-corrected chi connectivity index (χ2v) is 4.25. The van der Waals surface area contributed by atoms with Crippen LogP contribution in [0.1, 0.15) is 26.5 Å². The average molecular weight is 186 g/mol. The van der Waals surface area contributed by atoms with Gasteiger partial charge in [0.15, 0.2) is 0 Å². The van der Waals surface area contributed by atoms with Gasteiger partial charge in [-0.15, -0.1) is 0 Å². The van der Waals surface area contributed by atoms with Crippen LogP contribution in [0.2, 0.25) is 0 Å². The molecule has 0 aliphatic rings. The molecule has 0 radical (unpaired) electrons. The van der Waals surface area contributed by atoms with Gasteiger partial charge in [0.05, 0.1) is 11.3 Å². The van der Waals surface area contributed by atoms with E-state index in [2.05, 4.69) is 31.8 Å². The van der Waals surface area contributed by atoms with Gasteiger partial charge >= 0.3 is 0 Å². The van der Waals surface area contributed by atoms with Crippen LogP contribution >= 0.6 is 0 Å². The molecular weight excluding hydrogens is 172 g/mol. The molecule has 0 unspecified atom stereocenters. The molecule has 0 saturated carbocycles. The van der Waals surface area contributed by atoms with Crippen molar-refractivity contribution < 1.29 is 0 Å². The number of allylic oxidation sites excluding steroid dienone is 2. The van der Waals surface area contributed by atoms with E-state index in [1.807, 2.05) is 24.3 Å². The van der Waals surface area contributed by atoms with Gasteiger partial charge in [0, 0.05) is 6.20 Å². The number of aromatic nitrogens is 1. The van der Waals surface area contributed by atoms with Crippen LogP contribution in [0.15, 0.2) is 30.5 Å². The van der Waals surface area contributed by atoms with Crippen LogP contribution < -0.4 is 0 Å². The van der Waals surface area contributed by atoms with E-state index in [0.717, 1.165) is 5.69 Å². The number of nitriles is 1. The largest absolute Gasteiger partial charge is 0.256 e. The van der Waals surface area contributed by atoms with Crippen molar-refractivity contribution in [2.24, 2.45) is 5.41 Å². The minimum absolute atomic E-state index is 0.00256. The maximum absolute atomic E-state index is 8.98. The Bertz CT molecular complexity index is 364. The predicted molar refractivity (Wildman–Crippen MR) is 57.3 cm³/mol. The van der Waals surface area contributed by atoms with Crippen LogP contribution in [-0.4, -0.2) is 4.98 Å². The van der Waals surface area contributed by atoms with E-state index in [1.54, 1.807) is 6.20 Å². The van der Waals surface area contributed by atoms with Gasteiger partial charge in [0.25, 0.3) is 0 Å². The molecule has 1 heterocycles. The van der Waals surface area contributed by atoms with Crippen molar-refractivity contribution in [1.82, 2.24) is 4.98 Å². The lowest BCUT2D eigenvalue weighted by Gasteiger charge is -2.12. The third-order valence-electron chi connectivity index (χ3n) is 1.64. The van der Waals surface area contributed by atoms with Crippen LogP contribution in [0.3, 0.4) is 0 Å². The Hall–Kier alpha value is -1.62. The summed E-state index contributed by atoms with van der Waals surface area (Å²) in [4.78, 5) is 4.14. The number of pyridine rings is 1. The third-order valence-corrected chi connectivity index (χ3v) is 1.64. The zero-order valence-corrected chi connectivity index (χ0v) is 8.78. The van der Waals surface area contributed by atoms with Crippen molar-refractivity contribution >= 4 is 5.57 Å². The normalized spacial score (nSPS) is 12.3. The summed E-state index contributed by atoms with van der Waals surface area (Å²) in [6.45, 7) is 6.19. The first-order valence-corrected chi connectivity index (χ1v) is 4.57. The molecule has 0 fully saturated rings. The molecule has 2 heteroatoms. The fourth-order valence-corrected chi connectivity index (χ4v) is 1.12. The van der Waals surface area contributed by atoms with Gasteiger partial charge in [0.2, 0.25) is 0 Å². The van der Waals surface area contributed by atoms with E-state index < -0.39 is 0 Å². The molecule has 1 aromatic rings. The van der Waals surface area contributed by atoms with Crippen LogP contribution in [0.5, 0.6) is 0 Å². The first-order chi connectivity index (χ1) is 6.53. The van der Waals surface area contributed by atoms with Gasteiger partial charge in [0.1, 0.15) is 6.07 Å². The molecule has 0 amide bonds. The Morgan fingerprint density at radius 3 is 2.57 bits per heavy atom. The zero-order valence-electron chi connectivity index (χ0n) is 8.78. The van der Waals surface area contributed by atoms with E-state index in [9.17, 15) is 0 Å². The van der Waals surface area contributed by atoms with Crippen molar-refractivity contribution in [2.75, 3.05) is 0 Å². The summed E-state index contributed by atoms with van der Waals surface area (Å²) >= 11 is 0. The molecule has 1 rings (SSSR count). The predicted octanol–water partition coefficient (Wildman–Crippen LogP) is 3.03. The highest BCUT2D eigenvalue weighted by Gasteiger charge is 2.10. The first kappa shape index (κ1) is 10.5. The van der Waals surface area contributed by atoms with Crippen LogP contribution in [0.4, 0.5) is 0 Å². The number of hydrogen-bond acceptors (Lipinski definition) is 2. The number of nitrogens with zero attached hydrogens (tertiary/aromatic N) is 2. The summed E-state index contributed by atoms with van der Waals surface area (Å²) in [6.07, 6.45) is 3.64. The molecular formula is C12H14N2. The van der Waals surface area contributed by atoms with Crippen LogP contribution in [0, 0.1) is 16.7 Å². The summed E-state index contributed by atoms with van der Waals surface area (Å²) in [5.74, 6) is 0. The van der Waals surface area contributed by atoms with Gasteiger partial charge in [-0.2, -0.15) is 5.26 Å². The minimum Gasteiger partial charge on any atom is -0.256 e. The minimum atomic E-state index is 0.00256. The van der Waals surface area contributed by atoms with E-state index in [4.69, 9.17) is 5.26 Å². The Balaban J connectivity index is 3.08. The summed E-state index contributed by atoms with van der Waals surface area (Å²) < 4.78 is 0. The summed E-state index contributed by atoms with van der Waals surface area (Å²) in [7, 11) is 0. The topological polar surface area (TPSA) is 36.7 Å². The maximum atomic E-state index is 8.98. The fraction of sp³-hybridized carbons (Fsp3) is 0.333. The maximum Gasteiger partial charge on any atom is 0.101 e. The summed E-state index contributed by atoms with van der Waals surface area (Å²) in [6, 6.07) is 7.75. The molecule has 0 saturated heterocycles. The lowest BCUT2D eigenvalue weighted by atomic mass is 9.93. The third kappa shape index (κ3) is 3.02. The first-order valence-electron chi connectivity index (χ1n) is 4.57. The standard InChI is InChI=1S/C12H14N2/c1-12(2,3)8-10(9-13)11-6-4-5-7-14-11/h4-8H,1-3H3/b10-8+. The molecule has 0 N–H and O–H groups in total. The van der Waals surface area contributed by atoms with E-state index in [1.165, 1.54) is 0 Å². The SMILES string of the molecule is CC(C)(C)/C=C(\C#N)c1ccccn1. The van der Waals surface area contributed by atoms with E-state index >= 15 is 0 Å². The molecule has 0 aliphatic carbocycles. The highest BCUT2D eigenvalue weighted by Crippen LogP contribution is 2.21. The molecule has 0 aromatic carbocycles.